The van der Waals surface area contributed by atoms with Gasteiger partial charge in [-0.2, -0.15) is 0 Å². The molecule has 0 N–H and O–H groups in total. The molecule has 1 aliphatic heterocycles. The van der Waals surface area contributed by atoms with Gasteiger partial charge in [0.25, 0.3) is 0 Å². The second kappa shape index (κ2) is 9.53. The molecule has 2 aromatic heterocycles. The number of ketones is 1. The van der Waals surface area contributed by atoms with Crippen molar-refractivity contribution in [2.45, 2.75) is 56.8 Å². The summed E-state index contributed by atoms with van der Waals surface area (Å²) in [6.07, 6.45) is 10.7. The number of carbonyl (C=O) groups excluding carboxylic acids is 1. The van der Waals surface area contributed by atoms with Crippen LogP contribution < -0.4 is 0 Å². The highest BCUT2D eigenvalue weighted by atomic mass is 19.1. The lowest BCUT2D eigenvalue weighted by molar-refractivity contribution is -0.125. The number of hydrogen-bond acceptors (Lipinski definition) is 4. The second-order valence-electron chi connectivity index (χ2n) is 9.42. The number of carbonyl (C=O) groups is 1. The van der Waals surface area contributed by atoms with Crippen LogP contribution in [0.5, 0.6) is 0 Å². The van der Waals surface area contributed by atoms with E-state index in [1.165, 1.54) is 6.42 Å². The van der Waals surface area contributed by atoms with Crippen molar-refractivity contribution in [1.82, 2.24) is 9.88 Å². The Labute approximate surface area is 188 Å². The minimum atomic E-state index is -0.182. The van der Waals surface area contributed by atoms with Crippen molar-refractivity contribution in [2.24, 2.45) is 5.92 Å². The average molecular weight is 435 g/mol. The van der Waals surface area contributed by atoms with Crippen molar-refractivity contribution in [1.29, 1.82) is 0 Å². The number of nitrogens with zero attached hydrogens (tertiary/aromatic N) is 2. The van der Waals surface area contributed by atoms with Gasteiger partial charge in [-0.25, -0.2) is 4.39 Å². The van der Waals surface area contributed by atoms with Crippen molar-refractivity contribution < 1.29 is 13.6 Å². The van der Waals surface area contributed by atoms with E-state index in [4.69, 9.17) is 4.42 Å². The number of Topliss-reactive ketones (excluding diaryl/α,β-unsaturated/α-hetero) is 1. The summed E-state index contributed by atoms with van der Waals surface area (Å²) in [4.78, 5) is 20.3. The van der Waals surface area contributed by atoms with E-state index in [9.17, 15) is 9.18 Å². The molecule has 1 saturated carbocycles. The van der Waals surface area contributed by atoms with Crippen molar-refractivity contribution in [3.8, 4) is 0 Å². The third-order valence-corrected chi connectivity index (χ3v) is 7.42. The first-order valence-electron chi connectivity index (χ1n) is 12.0. The maximum atomic E-state index is 14.7. The van der Waals surface area contributed by atoms with E-state index in [0.29, 0.717) is 16.9 Å². The molecule has 168 valence electrons. The zero-order valence-corrected chi connectivity index (χ0v) is 18.5. The van der Waals surface area contributed by atoms with Crippen LogP contribution >= 0.6 is 0 Å². The molecule has 2 unspecified atom stereocenters. The van der Waals surface area contributed by atoms with Crippen LogP contribution in [0.25, 0.3) is 11.0 Å². The van der Waals surface area contributed by atoms with Crippen LogP contribution in [0.2, 0.25) is 0 Å². The number of rotatable bonds is 7. The van der Waals surface area contributed by atoms with Crippen LogP contribution in [0, 0.1) is 11.7 Å². The Balaban J connectivity index is 1.28. The van der Waals surface area contributed by atoms with Gasteiger partial charge in [0.2, 0.25) is 0 Å². The van der Waals surface area contributed by atoms with E-state index in [1.54, 1.807) is 24.6 Å². The lowest BCUT2D eigenvalue weighted by atomic mass is 9.79. The Morgan fingerprint density at radius 2 is 2.00 bits per heavy atom. The normalized spacial score (nSPS) is 21.2. The number of pyridine rings is 1. The fourth-order valence-corrected chi connectivity index (χ4v) is 5.68. The highest BCUT2D eigenvalue weighted by Gasteiger charge is 2.32. The maximum Gasteiger partial charge on any atom is 0.145 e. The van der Waals surface area contributed by atoms with Crippen LogP contribution in [0.1, 0.15) is 68.0 Å². The Morgan fingerprint density at radius 1 is 1.12 bits per heavy atom. The van der Waals surface area contributed by atoms with Gasteiger partial charge in [-0.15, -0.1) is 0 Å². The van der Waals surface area contributed by atoms with E-state index in [2.05, 4.69) is 9.88 Å². The van der Waals surface area contributed by atoms with E-state index in [-0.39, 0.29) is 23.6 Å². The van der Waals surface area contributed by atoms with Crippen LogP contribution in [0.3, 0.4) is 0 Å². The minimum Gasteiger partial charge on any atom is -0.464 e. The first kappa shape index (κ1) is 21.3. The molecule has 0 bridgehead atoms. The standard InChI is InChI=1S/C27H31FN2O2/c28-23-10-9-20-13-17-32-27(20)25(23)21-11-15-30(18-21)16-12-22(24-8-4-5-14-29-24)26(31)19-6-2-1-3-7-19/h4-5,8-10,13-14,17,19,21-22H,1-3,6-7,11-12,15-16,18H2. The highest BCUT2D eigenvalue weighted by Crippen LogP contribution is 2.36. The number of furan rings is 1. The molecule has 1 saturated heterocycles. The molecule has 3 heterocycles. The van der Waals surface area contributed by atoms with Gasteiger partial charge in [-0.3, -0.25) is 9.78 Å². The first-order chi connectivity index (χ1) is 15.7. The lowest BCUT2D eigenvalue weighted by Gasteiger charge is -2.26. The van der Waals surface area contributed by atoms with Gasteiger partial charge in [0.15, 0.2) is 0 Å². The maximum absolute atomic E-state index is 14.7. The summed E-state index contributed by atoms with van der Waals surface area (Å²) >= 11 is 0. The number of hydrogen-bond donors (Lipinski definition) is 0. The predicted molar refractivity (Wildman–Crippen MR) is 123 cm³/mol. The van der Waals surface area contributed by atoms with Crippen LogP contribution in [0.4, 0.5) is 4.39 Å². The van der Waals surface area contributed by atoms with Crippen molar-refractivity contribution in [2.75, 3.05) is 19.6 Å². The van der Waals surface area contributed by atoms with Gasteiger partial charge >= 0.3 is 0 Å². The summed E-state index contributed by atoms with van der Waals surface area (Å²) in [5.74, 6) is 0.326. The van der Waals surface area contributed by atoms with Crippen molar-refractivity contribution >= 4 is 16.8 Å². The number of fused-ring (bicyclic) bond motifs is 1. The molecule has 3 aromatic rings. The number of benzene rings is 1. The Bertz CT molecular complexity index is 1060. The van der Waals surface area contributed by atoms with E-state index in [0.717, 1.165) is 69.2 Å². The molecule has 5 heteroatoms. The molecule has 0 radical (unpaired) electrons. The number of halogens is 1. The zero-order chi connectivity index (χ0) is 21.9. The minimum absolute atomic E-state index is 0.118. The quantitative estimate of drug-likeness (QED) is 0.452. The topological polar surface area (TPSA) is 46.3 Å². The molecule has 5 rings (SSSR count). The Morgan fingerprint density at radius 3 is 2.81 bits per heavy atom. The Hall–Kier alpha value is -2.53. The summed E-state index contributed by atoms with van der Waals surface area (Å²) in [7, 11) is 0. The van der Waals surface area contributed by atoms with Gasteiger partial charge in [0.05, 0.1) is 17.9 Å². The molecule has 32 heavy (non-hydrogen) atoms. The lowest BCUT2D eigenvalue weighted by Crippen LogP contribution is -2.29. The van der Waals surface area contributed by atoms with Gasteiger partial charge in [0.1, 0.15) is 17.2 Å². The predicted octanol–water partition coefficient (Wildman–Crippen LogP) is 6.08. The zero-order valence-electron chi connectivity index (χ0n) is 18.5. The molecule has 2 aliphatic rings. The SMILES string of the molecule is O=C(C1CCCCC1)C(CCN1CCC(c2c(F)ccc3ccoc23)C1)c1ccccn1. The molecule has 0 amide bonds. The van der Waals surface area contributed by atoms with E-state index < -0.39 is 0 Å². The summed E-state index contributed by atoms with van der Waals surface area (Å²) < 4.78 is 20.3. The molecule has 1 aliphatic carbocycles. The van der Waals surface area contributed by atoms with E-state index >= 15 is 0 Å². The fourth-order valence-electron chi connectivity index (χ4n) is 5.68. The molecule has 1 aromatic carbocycles. The summed E-state index contributed by atoms with van der Waals surface area (Å²) in [6, 6.07) is 11.1. The first-order valence-corrected chi connectivity index (χ1v) is 12.0. The van der Waals surface area contributed by atoms with Gasteiger partial charge in [0, 0.05) is 35.5 Å². The molecular formula is C27H31FN2O2. The van der Waals surface area contributed by atoms with Crippen molar-refractivity contribution in [3.63, 3.8) is 0 Å². The highest BCUT2D eigenvalue weighted by molar-refractivity contribution is 5.87. The monoisotopic (exact) mass is 434 g/mol. The van der Waals surface area contributed by atoms with Crippen LogP contribution in [0.15, 0.2) is 53.3 Å². The fraction of sp³-hybridized carbons (Fsp3) is 0.481. The van der Waals surface area contributed by atoms with Crippen LogP contribution in [-0.4, -0.2) is 35.3 Å². The third-order valence-electron chi connectivity index (χ3n) is 7.42. The molecule has 0 spiro atoms. The third kappa shape index (κ3) is 4.36. The molecule has 4 nitrogen and oxygen atoms in total. The van der Waals surface area contributed by atoms with Gasteiger partial charge in [-0.05, 0) is 69.1 Å². The van der Waals surface area contributed by atoms with Crippen LogP contribution in [-0.2, 0) is 4.79 Å². The Kier molecular flexibility index (Phi) is 6.35. The molecular weight excluding hydrogens is 403 g/mol. The van der Waals surface area contributed by atoms with Gasteiger partial charge in [-0.1, -0.05) is 25.3 Å². The molecule has 2 atom stereocenters. The average Bonchev–Trinajstić information content (AvgIpc) is 3.50. The largest absolute Gasteiger partial charge is 0.464 e. The smallest absolute Gasteiger partial charge is 0.145 e. The van der Waals surface area contributed by atoms with E-state index in [1.807, 2.05) is 24.3 Å². The summed E-state index contributed by atoms with van der Waals surface area (Å²) in [5.41, 5.74) is 2.27. The summed E-state index contributed by atoms with van der Waals surface area (Å²) in [5, 5.41) is 0.952. The number of likely N-dealkylation sites (tertiary alicyclic amines) is 1. The van der Waals surface area contributed by atoms with Gasteiger partial charge < -0.3 is 9.32 Å². The summed E-state index contributed by atoms with van der Waals surface area (Å²) in [6.45, 7) is 2.53. The molecule has 2 fully saturated rings. The number of aromatic nitrogens is 1. The van der Waals surface area contributed by atoms with Crippen molar-refractivity contribution in [3.05, 3.63) is 65.9 Å². The second-order valence-corrected chi connectivity index (χ2v) is 9.42.